The smallest absolute Gasteiger partial charge is 0.191 e. The van der Waals surface area contributed by atoms with Crippen molar-refractivity contribution in [2.75, 3.05) is 39.8 Å². The fraction of sp³-hybridized carbons (Fsp3) is 0.611. The molecule has 148 valence electrons. The van der Waals surface area contributed by atoms with E-state index < -0.39 is 6.10 Å². The van der Waals surface area contributed by atoms with E-state index in [0.29, 0.717) is 21.5 Å². The van der Waals surface area contributed by atoms with Crippen LogP contribution in [0.2, 0.25) is 10.0 Å². The van der Waals surface area contributed by atoms with Crippen molar-refractivity contribution >= 4 is 53.1 Å². The number of nitrogens with one attached hydrogen (secondary N) is 2. The topological polar surface area (TPSA) is 59.9 Å². The lowest BCUT2D eigenvalue weighted by atomic mass is 9.97. The number of aliphatic hydroxyl groups is 1. The van der Waals surface area contributed by atoms with Gasteiger partial charge in [0.2, 0.25) is 0 Å². The second-order valence-electron chi connectivity index (χ2n) is 6.57. The molecule has 0 aromatic heterocycles. The minimum Gasteiger partial charge on any atom is -0.386 e. The van der Waals surface area contributed by atoms with Crippen LogP contribution in [0.3, 0.4) is 0 Å². The van der Waals surface area contributed by atoms with Crippen LogP contribution in [0, 0.1) is 5.92 Å². The molecule has 1 fully saturated rings. The maximum atomic E-state index is 10.3. The number of aliphatic imine (C=N–C) groups is 1. The number of guanidine groups is 1. The SMILES string of the molecule is CCNC(=NCC(O)c1cc(Cl)cc(Cl)c1)NCC1CCN(C)CC1.I. The summed E-state index contributed by atoms with van der Waals surface area (Å²) in [6.07, 6.45) is 1.66. The number of benzene rings is 1. The summed E-state index contributed by atoms with van der Waals surface area (Å²) in [6, 6.07) is 5.08. The van der Waals surface area contributed by atoms with Crippen molar-refractivity contribution in [2.24, 2.45) is 10.9 Å². The molecule has 1 heterocycles. The summed E-state index contributed by atoms with van der Waals surface area (Å²) >= 11 is 12.0. The van der Waals surface area contributed by atoms with E-state index in [4.69, 9.17) is 23.2 Å². The minimum absolute atomic E-state index is 0. The van der Waals surface area contributed by atoms with Gasteiger partial charge in [-0.2, -0.15) is 0 Å². The van der Waals surface area contributed by atoms with Gasteiger partial charge in [-0.1, -0.05) is 23.2 Å². The molecular formula is C18H29Cl2IN4O. The first-order valence-electron chi connectivity index (χ1n) is 8.82. The molecule has 5 nitrogen and oxygen atoms in total. The number of rotatable bonds is 6. The normalized spacial score (nSPS) is 17.5. The van der Waals surface area contributed by atoms with E-state index in [1.807, 2.05) is 6.92 Å². The highest BCUT2D eigenvalue weighted by Crippen LogP contribution is 2.23. The van der Waals surface area contributed by atoms with E-state index >= 15 is 0 Å². The van der Waals surface area contributed by atoms with Crippen LogP contribution in [0.1, 0.15) is 31.4 Å². The van der Waals surface area contributed by atoms with Gasteiger partial charge >= 0.3 is 0 Å². The standard InChI is InChI=1S/C18H28Cl2N4O.HI/c1-3-21-18(22-11-13-4-6-24(2)7-5-13)23-12-17(25)14-8-15(19)10-16(20)9-14;/h8-10,13,17,25H,3-7,11-12H2,1-2H3,(H2,21,22,23);1H. The lowest BCUT2D eigenvalue weighted by molar-refractivity contribution is 0.187. The van der Waals surface area contributed by atoms with Crippen LogP contribution in [0.4, 0.5) is 0 Å². The molecule has 1 aromatic carbocycles. The molecule has 1 atom stereocenters. The average Bonchev–Trinajstić information content (AvgIpc) is 2.57. The van der Waals surface area contributed by atoms with Crippen molar-refractivity contribution in [1.82, 2.24) is 15.5 Å². The molecular weight excluding hydrogens is 486 g/mol. The fourth-order valence-electron chi connectivity index (χ4n) is 2.90. The number of hydrogen-bond acceptors (Lipinski definition) is 3. The molecule has 1 unspecified atom stereocenters. The number of likely N-dealkylation sites (tertiary alicyclic amines) is 1. The Morgan fingerprint density at radius 2 is 1.85 bits per heavy atom. The molecule has 3 N–H and O–H groups in total. The summed E-state index contributed by atoms with van der Waals surface area (Å²) in [7, 11) is 2.17. The number of aliphatic hydroxyl groups excluding tert-OH is 1. The third-order valence-corrected chi connectivity index (χ3v) is 4.87. The Morgan fingerprint density at radius 3 is 2.42 bits per heavy atom. The summed E-state index contributed by atoms with van der Waals surface area (Å²) in [5, 5.41) is 18.0. The first kappa shape index (κ1) is 23.8. The van der Waals surface area contributed by atoms with Gasteiger partial charge < -0.3 is 20.6 Å². The largest absolute Gasteiger partial charge is 0.386 e. The summed E-state index contributed by atoms with van der Waals surface area (Å²) in [5.41, 5.74) is 0.674. The molecule has 0 bridgehead atoms. The Kier molecular flexibility index (Phi) is 11.2. The van der Waals surface area contributed by atoms with Crippen LogP contribution < -0.4 is 10.6 Å². The molecule has 0 saturated carbocycles. The zero-order valence-electron chi connectivity index (χ0n) is 15.3. The average molecular weight is 515 g/mol. The van der Waals surface area contributed by atoms with Crippen molar-refractivity contribution in [2.45, 2.75) is 25.9 Å². The van der Waals surface area contributed by atoms with Gasteiger partial charge in [0.25, 0.3) is 0 Å². The Morgan fingerprint density at radius 1 is 1.23 bits per heavy atom. The Labute approximate surface area is 183 Å². The monoisotopic (exact) mass is 514 g/mol. The first-order valence-corrected chi connectivity index (χ1v) is 9.58. The summed E-state index contributed by atoms with van der Waals surface area (Å²) < 4.78 is 0. The zero-order chi connectivity index (χ0) is 18.2. The fourth-order valence-corrected chi connectivity index (χ4v) is 3.44. The van der Waals surface area contributed by atoms with Crippen molar-refractivity contribution in [3.63, 3.8) is 0 Å². The highest BCUT2D eigenvalue weighted by atomic mass is 127. The van der Waals surface area contributed by atoms with Crippen LogP contribution >= 0.6 is 47.2 Å². The molecule has 0 amide bonds. The van der Waals surface area contributed by atoms with E-state index in [-0.39, 0.29) is 30.5 Å². The molecule has 1 aromatic rings. The number of halogens is 3. The number of nitrogens with zero attached hydrogens (tertiary/aromatic N) is 2. The van der Waals surface area contributed by atoms with Gasteiger partial charge in [0.1, 0.15) is 0 Å². The molecule has 1 aliphatic rings. The lowest BCUT2D eigenvalue weighted by Crippen LogP contribution is -2.42. The maximum absolute atomic E-state index is 10.3. The molecule has 8 heteroatoms. The van der Waals surface area contributed by atoms with Crippen molar-refractivity contribution in [1.29, 1.82) is 0 Å². The molecule has 26 heavy (non-hydrogen) atoms. The second kappa shape index (κ2) is 12.2. The van der Waals surface area contributed by atoms with Gasteiger partial charge in [0.05, 0.1) is 12.6 Å². The molecule has 0 spiro atoms. The van der Waals surface area contributed by atoms with Crippen molar-refractivity contribution in [3.05, 3.63) is 33.8 Å². The third kappa shape index (κ3) is 8.17. The van der Waals surface area contributed by atoms with Gasteiger partial charge in [-0.3, -0.25) is 4.99 Å². The van der Waals surface area contributed by atoms with Gasteiger partial charge in [-0.25, -0.2) is 0 Å². The molecule has 0 aliphatic carbocycles. The van der Waals surface area contributed by atoms with Gasteiger partial charge in [-0.05, 0) is 69.6 Å². The Hall–Kier alpha value is -0.280. The summed E-state index contributed by atoms with van der Waals surface area (Å²) in [6.45, 7) is 6.25. The lowest BCUT2D eigenvalue weighted by Gasteiger charge is -2.29. The van der Waals surface area contributed by atoms with Crippen LogP contribution in [0.25, 0.3) is 0 Å². The predicted octanol–water partition coefficient (Wildman–Crippen LogP) is 3.54. The van der Waals surface area contributed by atoms with E-state index in [1.165, 1.54) is 12.8 Å². The van der Waals surface area contributed by atoms with Crippen LogP contribution in [-0.2, 0) is 0 Å². The molecule has 1 saturated heterocycles. The van der Waals surface area contributed by atoms with E-state index in [2.05, 4.69) is 27.6 Å². The van der Waals surface area contributed by atoms with E-state index in [1.54, 1.807) is 18.2 Å². The third-order valence-electron chi connectivity index (χ3n) is 4.43. The highest BCUT2D eigenvalue weighted by Gasteiger charge is 2.17. The second-order valence-corrected chi connectivity index (χ2v) is 7.44. The zero-order valence-corrected chi connectivity index (χ0v) is 19.2. The van der Waals surface area contributed by atoms with E-state index in [0.717, 1.165) is 32.1 Å². The number of hydrogen-bond donors (Lipinski definition) is 3. The first-order chi connectivity index (χ1) is 12.0. The number of piperidine rings is 1. The van der Waals surface area contributed by atoms with Crippen LogP contribution in [-0.4, -0.2) is 55.7 Å². The van der Waals surface area contributed by atoms with Crippen molar-refractivity contribution in [3.8, 4) is 0 Å². The molecule has 2 rings (SSSR count). The Balaban J connectivity index is 0.00000338. The molecule has 0 radical (unpaired) electrons. The quantitative estimate of drug-likeness (QED) is 0.309. The van der Waals surface area contributed by atoms with E-state index in [9.17, 15) is 5.11 Å². The Bertz CT molecular complexity index is 560. The molecule has 1 aliphatic heterocycles. The van der Waals surface area contributed by atoms with Gasteiger partial charge in [0.15, 0.2) is 5.96 Å². The summed E-state index contributed by atoms with van der Waals surface area (Å²) in [5.74, 6) is 1.39. The van der Waals surface area contributed by atoms with Crippen LogP contribution in [0.15, 0.2) is 23.2 Å². The summed E-state index contributed by atoms with van der Waals surface area (Å²) in [4.78, 5) is 6.86. The predicted molar refractivity (Wildman–Crippen MR) is 121 cm³/mol. The van der Waals surface area contributed by atoms with Gasteiger partial charge in [0, 0.05) is 23.1 Å². The van der Waals surface area contributed by atoms with Crippen molar-refractivity contribution < 1.29 is 5.11 Å². The van der Waals surface area contributed by atoms with Crippen LogP contribution in [0.5, 0.6) is 0 Å². The maximum Gasteiger partial charge on any atom is 0.191 e. The minimum atomic E-state index is -0.741. The van der Waals surface area contributed by atoms with Gasteiger partial charge in [-0.15, -0.1) is 24.0 Å². The highest BCUT2D eigenvalue weighted by molar-refractivity contribution is 14.0.